The number of rotatable bonds is 5. The molecule has 1 saturated carbocycles. The highest BCUT2D eigenvalue weighted by Gasteiger charge is 2.38. The molecule has 0 unspecified atom stereocenters. The molecule has 1 aromatic carbocycles. The third-order valence-corrected chi connectivity index (χ3v) is 5.84. The van der Waals surface area contributed by atoms with Crippen LogP contribution in [0, 0.1) is 5.82 Å². The van der Waals surface area contributed by atoms with Crippen molar-refractivity contribution in [2.45, 2.75) is 69.6 Å². The Labute approximate surface area is 153 Å². The summed E-state index contributed by atoms with van der Waals surface area (Å²) in [5.74, 6) is 0.662. The van der Waals surface area contributed by atoms with E-state index in [0.717, 1.165) is 37.1 Å². The number of hydrogen-bond donors (Lipinski definition) is 1. The molecule has 1 N–H and O–H groups in total. The van der Waals surface area contributed by atoms with Gasteiger partial charge in [-0.15, -0.1) is 5.10 Å². The number of aliphatic hydroxyl groups is 1. The zero-order valence-corrected chi connectivity index (χ0v) is 15.0. The lowest BCUT2D eigenvalue weighted by atomic mass is 9.95. The van der Waals surface area contributed by atoms with Gasteiger partial charge in [0.25, 0.3) is 0 Å². The molecule has 2 atom stereocenters. The van der Waals surface area contributed by atoms with Crippen molar-refractivity contribution in [3.63, 3.8) is 0 Å². The lowest BCUT2D eigenvalue weighted by Crippen LogP contribution is -2.35. The van der Waals surface area contributed by atoms with E-state index in [9.17, 15) is 9.50 Å². The van der Waals surface area contributed by atoms with Crippen LogP contribution < -0.4 is 0 Å². The number of benzene rings is 1. The largest absolute Gasteiger partial charge is 0.395 e. The van der Waals surface area contributed by atoms with Crippen LogP contribution in [0.15, 0.2) is 24.3 Å². The molecular formula is C19H26FN5O. The first-order valence-corrected chi connectivity index (χ1v) is 9.65. The summed E-state index contributed by atoms with van der Waals surface area (Å²) < 4.78 is 15.6. The maximum absolute atomic E-state index is 13.6. The van der Waals surface area contributed by atoms with Crippen LogP contribution in [0.2, 0.25) is 0 Å². The van der Waals surface area contributed by atoms with Crippen molar-refractivity contribution < 1.29 is 9.50 Å². The predicted molar refractivity (Wildman–Crippen MR) is 94.7 cm³/mol. The van der Waals surface area contributed by atoms with Crippen molar-refractivity contribution >= 4 is 0 Å². The average molecular weight is 359 g/mol. The first-order chi connectivity index (χ1) is 12.8. The summed E-state index contributed by atoms with van der Waals surface area (Å²) in [6.07, 6.45) is 7.79. The van der Waals surface area contributed by atoms with Gasteiger partial charge < -0.3 is 5.11 Å². The summed E-state index contributed by atoms with van der Waals surface area (Å²) in [6.45, 7) is 0.683. The smallest absolute Gasteiger partial charge is 0.168 e. The second kappa shape index (κ2) is 7.80. The van der Waals surface area contributed by atoms with Gasteiger partial charge in [-0.1, -0.05) is 31.4 Å². The van der Waals surface area contributed by atoms with Crippen LogP contribution in [0.25, 0.3) is 0 Å². The van der Waals surface area contributed by atoms with E-state index in [4.69, 9.17) is 0 Å². The fourth-order valence-corrected chi connectivity index (χ4v) is 4.50. The highest BCUT2D eigenvalue weighted by molar-refractivity contribution is 5.17. The molecule has 26 heavy (non-hydrogen) atoms. The summed E-state index contributed by atoms with van der Waals surface area (Å²) in [6, 6.07) is 7.17. The maximum Gasteiger partial charge on any atom is 0.168 e. The second-order valence-corrected chi connectivity index (χ2v) is 7.51. The fraction of sp³-hybridized carbons (Fsp3) is 0.632. The van der Waals surface area contributed by atoms with E-state index in [-0.39, 0.29) is 24.5 Å². The molecule has 0 amide bonds. The first-order valence-electron chi connectivity index (χ1n) is 9.65. The third kappa shape index (κ3) is 3.50. The molecule has 1 aliphatic carbocycles. The normalized spacial score (nSPS) is 25.0. The zero-order chi connectivity index (χ0) is 17.9. The second-order valence-electron chi connectivity index (χ2n) is 7.51. The number of hydrogen-bond acceptors (Lipinski definition) is 5. The van der Waals surface area contributed by atoms with Crippen molar-refractivity contribution in [2.75, 3.05) is 6.61 Å². The van der Waals surface area contributed by atoms with Gasteiger partial charge in [-0.3, -0.25) is 4.90 Å². The van der Waals surface area contributed by atoms with Gasteiger partial charge in [0.1, 0.15) is 5.82 Å². The predicted octanol–water partition coefficient (Wildman–Crippen LogP) is 3.02. The number of halogens is 1. The van der Waals surface area contributed by atoms with Gasteiger partial charge in [0.2, 0.25) is 0 Å². The molecule has 4 rings (SSSR count). The van der Waals surface area contributed by atoms with E-state index < -0.39 is 0 Å². The van der Waals surface area contributed by atoms with E-state index in [1.54, 1.807) is 12.1 Å². The van der Waals surface area contributed by atoms with Crippen LogP contribution in [0.1, 0.15) is 68.4 Å². The lowest BCUT2D eigenvalue weighted by molar-refractivity contribution is 0.115. The van der Waals surface area contributed by atoms with Gasteiger partial charge in [-0.25, -0.2) is 9.07 Å². The maximum atomic E-state index is 13.6. The Morgan fingerprint density at radius 2 is 1.96 bits per heavy atom. The summed E-state index contributed by atoms with van der Waals surface area (Å²) in [5.41, 5.74) is 0.909. The van der Waals surface area contributed by atoms with Crippen LogP contribution in [0.3, 0.4) is 0 Å². The first kappa shape index (κ1) is 17.5. The molecule has 2 aliphatic rings. The quantitative estimate of drug-likeness (QED) is 0.889. The standard InChI is InChI=1S/C19H26FN5O/c20-15-6-4-5-14(11-15)12-24-17(13-26)9-10-18(24)19-21-22-23-25(19)16-7-2-1-3-8-16/h4-6,11,16-18,26H,1-3,7-10,12-13H2/t17-,18+/m0/s1. The number of aliphatic hydroxyl groups excluding tert-OH is 1. The average Bonchev–Trinajstić information content (AvgIpc) is 3.29. The monoisotopic (exact) mass is 359 g/mol. The van der Waals surface area contributed by atoms with Crippen LogP contribution in [0.4, 0.5) is 4.39 Å². The Kier molecular flexibility index (Phi) is 5.26. The van der Waals surface area contributed by atoms with Crippen molar-refractivity contribution in [3.05, 3.63) is 41.5 Å². The van der Waals surface area contributed by atoms with Crippen LogP contribution in [-0.2, 0) is 6.54 Å². The molecule has 1 aliphatic heterocycles. The summed E-state index contributed by atoms with van der Waals surface area (Å²) in [4.78, 5) is 2.24. The van der Waals surface area contributed by atoms with Crippen LogP contribution in [0.5, 0.6) is 0 Å². The summed E-state index contributed by atoms with van der Waals surface area (Å²) >= 11 is 0. The molecule has 6 nitrogen and oxygen atoms in total. The topological polar surface area (TPSA) is 67.1 Å². The molecule has 0 radical (unpaired) electrons. The Bertz CT molecular complexity index is 730. The Balaban J connectivity index is 1.59. The van der Waals surface area contributed by atoms with Gasteiger partial charge in [0, 0.05) is 12.6 Å². The minimum atomic E-state index is -0.231. The van der Waals surface area contributed by atoms with Crippen LogP contribution in [-0.4, -0.2) is 42.9 Å². The summed E-state index contributed by atoms with van der Waals surface area (Å²) in [7, 11) is 0. The van der Waals surface area contributed by atoms with Gasteiger partial charge >= 0.3 is 0 Å². The Hall–Kier alpha value is -1.86. The molecule has 1 saturated heterocycles. The molecule has 0 spiro atoms. The molecule has 7 heteroatoms. The molecule has 0 bridgehead atoms. The van der Waals surface area contributed by atoms with Gasteiger partial charge in [0.05, 0.1) is 18.7 Å². The van der Waals surface area contributed by atoms with E-state index in [2.05, 4.69) is 20.4 Å². The minimum absolute atomic E-state index is 0.0553. The van der Waals surface area contributed by atoms with Crippen molar-refractivity contribution in [1.82, 2.24) is 25.1 Å². The number of likely N-dealkylation sites (tertiary alicyclic amines) is 1. The number of nitrogens with zero attached hydrogens (tertiary/aromatic N) is 5. The zero-order valence-electron chi connectivity index (χ0n) is 15.0. The van der Waals surface area contributed by atoms with E-state index >= 15 is 0 Å². The van der Waals surface area contributed by atoms with Gasteiger partial charge in [-0.2, -0.15) is 0 Å². The number of tetrazole rings is 1. The Morgan fingerprint density at radius 1 is 1.12 bits per heavy atom. The molecule has 1 aromatic heterocycles. The highest BCUT2D eigenvalue weighted by atomic mass is 19.1. The van der Waals surface area contributed by atoms with Gasteiger partial charge in [-0.05, 0) is 53.8 Å². The third-order valence-electron chi connectivity index (χ3n) is 5.84. The fourth-order valence-electron chi connectivity index (χ4n) is 4.50. The summed E-state index contributed by atoms with van der Waals surface area (Å²) in [5, 5.41) is 22.4. The van der Waals surface area contributed by atoms with Crippen molar-refractivity contribution in [1.29, 1.82) is 0 Å². The minimum Gasteiger partial charge on any atom is -0.395 e. The van der Waals surface area contributed by atoms with Gasteiger partial charge in [0.15, 0.2) is 5.82 Å². The van der Waals surface area contributed by atoms with Crippen molar-refractivity contribution in [2.24, 2.45) is 0 Å². The van der Waals surface area contributed by atoms with E-state index in [0.29, 0.717) is 12.6 Å². The van der Waals surface area contributed by atoms with Crippen LogP contribution >= 0.6 is 0 Å². The SMILES string of the molecule is OC[C@@H]1CC[C@H](c2nnnn2C2CCCCC2)N1Cc1cccc(F)c1. The molecule has 2 fully saturated rings. The van der Waals surface area contributed by atoms with E-state index in [1.165, 1.54) is 25.3 Å². The lowest BCUT2D eigenvalue weighted by Gasteiger charge is -2.30. The Morgan fingerprint density at radius 3 is 2.73 bits per heavy atom. The van der Waals surface area contributed by atoms with E-state index in [1.807, 2.05) is 10.7 Å². The molecule has 2 heterocycles. The highest BCUT2D eigenvalue weighted by Crippen LogP contribution is 2.38. The molecule has 2 aromatic rings. The molecule has 140 valence electrons. The van der Waals surface area contributed by atoms with Crippen molar-refractivity contribution in [3.8, 4) is 0 Å². The number of aromatic nitrogens is 4. The molecular weight excluding hydrogens is 333 g/mol.